The predicted molar refractivity (Wildman–Crippen MR) is 115 cm³/mol. The number of aliphatic hydroxyl groups is 1. The minimum absolute atomic E-state index is 0.177. The van der Waals surface area contributed by atoms with Gasteiger partial charge in [-0.05, 0) is 83.6 Å². The molecule has 9 nitrogen and oxygen atoms in total. The maximum atomic E-state index is 12.5. The highest BCUT2D eigenvalue weighted by molar-refractivity contribution is 14.1. The van der Waals surface area contributed by atoms with E-state index in [9.17, 15) is 19.6 Å². The number of benzene rings is 2. The molecule has 0 unspecified atom stereocenters. The highest BCUT2D eigenvalue weighted by Crippen LogP contribution is 2.25. The van der Waals surface area contributed by atoms with E-state index in [1.807, 2.05) is 22.6 Å². The molecule has 2 amide bonds. The van der Waals surface area contributed by atoms with Crippen LogP contribution < -0.4 is 16.2 Å². The lowest BCUT2D eigenvalue weighted by Crippen LogP contribution is -2.52. The largest absolute Gasteiger partial charge is 0.391 e. The lowest BCUT2D eigenvalue weighted by Gasteiger charge is -2.23. The van der Waals surface area contributed by atoms with Crippen molar-refractivity contribution in [2.24, 2.45) is 5.18 Å². The van der Waals surface area contributed by atoms with Gasteiger partial charge in [0.1, 0.15) is 17.8 Å². The standard InChI is InChI=1S/C19H18IN5O4/c1-10-15(8-5-13(9-21)16(10)20)22-17(11(2)26)19(28)24-23-18(27)12-3-6-14(25-29)7-4-12/h3-8,11,17,22,26H,1-2H3,(H,23,27)(H,24,28)/t11-,17+/m0/s1. The molecule has 0 saturated carbocycles. The molecular weight excluding hydrogens is 489 g/mol. The summed E-state index contributed by atoms with van der Waals surface area (Å²) < 4.78 is 0.737. The SMILES string of the molecule is Cc1c(N[C@@H](C(=O)NNC(=O)c2ccc(N=O)cc2)[C@H](C)O)ccc(C#N)c1I. The average Bonchev–Trinajstić information content (AvgIpc) is 2.72. The molecule has 0 aliphatic carbocycles. The van der Waals surface area contributed by atoms with Crippen molar-refractivity contribution in [2.75, 3.05) is 5.32 Å². The van der Waals surface area contributed by atoms with Gasteiger partial charge in [-0.2, -0.15) is 5.26 Å². The molecular formula is C19H18IN5O4. The van der Waals surface area contributed by atoms with E-state index in [1.54, 1.807) is 19.1 Å². The molecule has 2 atom stereocenters. The van der Waals surface area contributed by atoms with Crippen LogP contribution in [0.15, 0.2) is 41.6 Å². The van der Waals surface area contributed by atoms with Gasteiger partial charge in [0.05, 0.1) is 11.7 Å². The topological polar surface area (TPSA) is 144 Å². The van der Waals surface area contributed by atoms with Crippen molar-refractivity contribution in [3.05, 3.63) is 61.6 Å². The van der Waals surface area contributed by atoms with E-state index >= 15 is 0 Å². The zero-order chi connectivity index (χ0) is 21.6. The van der Waals surface area contributed by atoms with E-state index < -0.39 is 24.0 Å². The molecule has 0 aromatic heterocycles. The van der Waals surface area contributed by atoms with Gasteiger partial charge in [0.15, 0.2) is 0 Å². The van der Waals surface area contributed by atoms with Crippen LogP contribution in [0.3, 0.4) is 0 Å². The van der Waals surface area contributed by atoms with Crippen LogP contribution in [0.25, 0.3) is 0 Å². The number of hydrogen-bond acceptors (Lipinski definition) is 7. The van der Waals surface area contributed by atoms with Crippen LogP contribution in [0.5, 0.6) is 0 Å². The summed E-state index contributed by atoms with van der Waals surface area (Å²) in [5, 5.41) is 24.8. The summed E-state index contributed by atoms with van der Waals surface area (Å²) in [6.45, 7) is 3.23. The lowest BCUT2D eigenvalue weighted by atomic mass is 10.1. The molecule has 0 fully saturated rings. The number of carbonyl (C=O) groups excluding carboxylic acids is 2. The molecule has 0 heterocycles. The molecule has 2 rings (SSSR count). The first kappa shape index (κ1) is 22.3. The summed E-state index contributed by atoms with van der Waals surface area (Å²) >= 11 is 2.04. The molecule has 0 saturated heterocycles. The molecule has 0 aliphatic rings. The van der Waals surface area contributed by atoms with Gasteiger partial charge in [0.25, 0.3) is 11.8 Å². The molecule has 0 bridgehead atoms. The zero-order valence-electron chi connectivity index (χ0n) is 15.6. The third-order valence-corrected chi connectivity index (χ3v) is 5.51. The smallest absolute Gasteiger partial charge is 0.269 e. The van der Waals surface area contributed by atoms with E-state index in [-0.39, 0.29) is 11.3 Å². The second kappa shape index (κ2) is 9.94. The van der Waals surface area contributed by atoms with Crippen LogP contribution in [0.2, 0.25) is 0 Å². The number of halogens is 1. The summed E-state index contributed by atoms with van der Waals surface area (Å²) in [5.74, 6) is -1.25. The van der Waals surface area contributed by atoms with Gasteiger partial charge in [-0.25, -0.2) is 0 Å². The molecule has 2 aromatic carbocycles. The molecule has 10 heteroatoms. The average molecular weight is 507 g/mol. The summed E-state index contributed by atoms with van der Waals surface area (Å²) in [6, 6.07) is 9.83. The Morgan fingerprint density at radius 3 is 2.38 bits per heavy atom. The Morgan fingerprint density at radius 1 is 1.17 bits per heavy atom. The number of nitroso groups, excluding NO2 is 1. The second-order valence-electron chi connectivity index (χ2n) is 6.16. The van der Waals surface area contributed by atoms with Gasteiger partial charge in [-0.15, -0.1) is 4.91 Å². The van der Waals surface area contributed by atoms with E-state index in [1.165, 1.54) is 31.2 Å². The van der Waals surface area contributed by atoms with Gasteiger partial charge >= 0.3 is 0 Å². The van der Waals surface area contributed by atoms with E-state index in [0.717, 1.165) is 9.13 Å². The van der Waals surface area contributed by atoms with Crippen LogP contribution in [-0.2, 0) is 4.79 Å². The Labute approximate surface area is 180 Å². The Bertz CT molecular complexity index is 970. The van der Waals surface area contributed by atoms with Crippen molar-refractivity contribution in [2.45, 2.75) is 26.0 Å². The zero-order valence-corrected chi connectivity index (χ0v) is 17.7. The Hall–Kier alpha value is -3.04. The first-order valence-electron chi connectivity index (χ1n) is 8.46. The Kier molecular flexibility index (Phi) is 7.63. The second-order valence-corrected chi connectivity index (χ2v) is 7.23. The fourth-order valence-corrected chi connectivity index (χ4v) is 3.03. The molecule has 29 heavy (non-hydrogen) atoms. The third-order valence-electron chi connectivity index (χ3n) is 4.12. The first-order valence-corrected chi connectivity index (χ1v) is 9.53. The van der Waals surface area contributed by atoms with Crippen molar-refractivity contribution >= 4 is 45.8 Å². The number of carbonyl (C=O) groups is 2. The summed E-state index contributed by atoms with van der Waals surface area (Å²) in [7, 11) is 0. The van der Waals surface area contributed by atoms with E-state index in [2.05, 4.69) is 27.4 Å². The number of nitriles is 1. The number of rotatable bonds is 6. The van der Waals surface area contributed by atoms with Crippen LogP contribution in [0, 0.1) is 26.7 Å². The van der Waals surface area contributed by atoms with Gasteiger partial charge in [0.2, 0.25) is 0 Å². The highest BCUT2D eigenvalue weighted by Gasteiger charge is 2.25. The number of nitrogens with one attached hydrogen (secondary N) is 3. The summed E-state index contributed by atoms with van der Waals surface area (Å²) in [6.07, 6.45) is -1.07. The fourth-order valence-electron chi connectivity index (χ4n) is 2.44. The predicted octanol–water partition coefficient (Wildman–Crippen LogP) is 2.49. The van der Waals surface area contributed by atoms with Crippen molar-refractivity contribution in [3.8, 4) is 6.07 Å². The molecule has 0 radical (unpaired) electrons. The molecule has 150 valence electrons. The Balaban J connectivity index is 2.08. The quantitative estimate of drug-likeness (QED) is 0.269. The van der Waals surface area contributed by atoms with Crippen LogP contribution in [-0.4, -0.2) is 29.1 Å². The van der Waals surface area contributed by atoms with E-state index in [0.29, 0.717) is 11.3 Å². The van der Waals surface area contributed by atoms with Crippen LogP contribution >= 0.6 is 22.6 Å². The lowest BCUT2D eigenvalue weighted by molar-refractivity contribution is -0.124. The van der Waals surface area contributed by atoms with Crippen molar-refractivity contribution in [1.29, 1.82) is 5.26 Å². The highest BCUT2D eigenvalue weighted by atomic mass is 127. The number of aliphatic hydroxyl groups excluding tert-OH is 1. The maximum absolute atomic E-state index is 12.5. The number of amides is 2. The molecule has 2 aromatic rings. The number of anilines is 1. The van der Waals surface area contributed by atoms with Gasteiger partial charge in [0, 0.05) is 14.8 Å². The normalized spacial score (nSPS) is 12.2. The van der Waals surface area contributed by atoms with Crippen molar-refractivity contribution in [3.63, 3.8) is 0 Å². The first-order chi connectivity index (χ1) is 13.8. The van der Waals surface area contributed by atoms with Gasteiger partial charge < -0.3 is 10.4 Å². The monoisotopic (exact) mass is 507 g/mol. The minimum Gasteiger partial charge on any atom is -0.391 e. The van der Waals surface area contributed by atoms with Crippen LogP contribution in [0.1, 0.15) is 28.4 Å². The van der Waals surface area contributed by atoms with Gasteiger partial charge in [-0.3, -0.25) is 20.4 Å². The van der Waals surface area contributed by atoms with Crippen molar-refractivity contribution in [1.82, 2.24) is 10.9 Å². The number of hydrogen-bond donors (Lipinski definition) is 4. The minimum atomic E-state index is -1.07. The van der Waals surface area contributed by atoms with Crippen LogP contribution in [0.4, 0.5) is 11.4 Å². The number of nitrogens with zero attached hydrogens (tertiary/aromatic N) is 2. The third kappa shape index (κ3) is 5.49. The Morgan fingerprint density at radius 2 is 1.83 bits per heavy atom. The molecule has 0 aliphatic heterocycles. The fraction of sp³-hybridized carbons (Fsp3) is 0.211. The molecule has 4 N–H and O–H groups in total. The van der Waals surface area contributed by atoms with Gasteiger partial charge in [-0.1, -0.05) is 0 Å². The van der Waals surface area contributed by atoms with E-state index in [4.69, 9.17) is 5.26 Å². The summed E-state index contributed by atoms with van der Waals surface area (Å²) in [5.41, 5.74) is 6.77. The molecule has 0 spiro atoms. The number of hydrazine groups is 1. The summed E-state index contributed by atoms with van der Waals surface area (Å²) in [4.78, 5) is 35.0. The van der Waals surface area contributed by atoms with Crippen molar-refractivity contribution < 1.29 is 14.7 Å². The maximum Gasteiger partial charge on any atom is 0.269 e.